The van der Waals surface area contributed by atoms with Gasteiger partial charge in [0.25, 0.3) is 0 Å². The zero-order chi connectivity index (χ0) is 18.4. The van der Waals surface area contributed by atoms with E-state index in [9.17, 15) is 4.79 Å². The average molecular weight is 411 g/mol. The number of aromatic nitrogens is 2. The highest BCUT2D eigenvalue weighted by Crippen LogP contribution is 2.30. The molecule has 0 saturated heterocycles. The number of anilines is 1. The Bertz CT molecular complexity index is 688. The number of carbonyl (C=O) groups excluding carboxylic acids is 1. The number of rotatable bonds is 8. The van der Waals surface area contributed by atoms with Gasteiger partial charge in [-0.15, -0.1) is 21.5 Å². The van der Waals surface area contributed by atoms with Gasteiger partial charge in [0, 0.05) is 17.5 Å². The van der Waals surface area contributed by atoms with Gasteiger partial charge in [-0.1, -0.05) is 55.9 Å². The van der Waals surface area contributed by atoms with Crippen molar-refractivity contribution >= 4 is 45.5 Å². The highest BCUT2D eigenvalue weighted by atomic mass is 32.2. The summed E-state index contributed by atoms with van der Waals surface area (Å²) in [7, 11) is 0. The molecular weight excluding hydrogens is 384 g/mol. The molecule has 1 aliphatic carbocycles. The third-order valence-electron chi connectivity index (χ3n) is 5.01. The van der Waals surface area contributed by atoms with E-state index < -0.39 is 0 Å². The SMILES string of the molecule is CC1CCCC(NC(=O)CSc2nnc(NCCc3cccs3)s2)C1C. The van der Waals surface area contributed by atoms with Gasteiger partial charge in [0.05, 0.1) is 5.75 Å². The molecule has 2 N–H and O–H groups in total. The lowest BCUT2D eigenvalue weighted by atomic mass is 9.78. The van der Waals surface area contributed by atoms with Crippen LogP contribution in [0.4, 0.5) is 5.13 Å². The van der Waals surface area contributed by atoms with Crippen molar-refractivity contribution in [3.05, 3.63) is 22.4 Å². The van der Waals surface area contributed by atoms with Crippen LogP contribution in [0.1, 0.15) is 38.0 Å². The quantitative estimate of drug-likeness (QED) is 0.636. The number of hydrogen-bond acceptors (Lipinski definition) is 7. The predicted octanol–water partition coefficient (Wildman–Crippen LogP) is 4.29. The van der Waals surface area contributed by atoms with Crippen molar-refractivity contribution in [1.29, 1.82) is 0 Å². The largest absolute Gasteiger partial charge is 0.360 e. The first kappa shape index (κ1) is 19.6. The summed E-state index contributed by atoms with van der Waals surface area (Å²) >= 11 is 4.75. The number of thioether (sulfide) groups is 1. The number of nitrogens with one attached hydrogen (secondary N) is 2. The van der Waals surface area contributed by atoms with Crippen molar-refractivity contribution in [1.82, 2.24) is 15.5 Å². The molecule has 0 aliphatic heterocycles. The molecule has 1 fully saturated rings. The Hall–Kier alpha value is -1.12. The van der Waals surface area contributed by atoms with Crippen molar-refractivity contribution in [3.63, 3.8) is 0 Å². The maximum absolute atomic E-state index is 12.3. The molecule has 3 unspecified atom stereocenters. The van der Waals surface area contributed by atoms with E-state index in [1.807, 2.05) is 0 Å². The van der Waals surface area contributed by atoms with Crippen LogP contribution in [0.5, 0.6) is 0 Å². The summed E-state index contributed by atoms with van der Waals surface area (Å²) in [6.45, 7) is 5.38. The zero-order valence-corrected chi connectivity index (χ0v) is 17.7. The molecule has 0 aromatic carbocycles. The van der Waals surface area contributed by atoms with E-state index in [2.05, 4.69) is 52.2 Å². The molecule has 2 heterocycles. The summed E-state index contributed by atoms with van der Waals surface area (Å²) in [6.07, 6.45) is 4.56. The van der Waals surface area contributed by atoms with Crippen LogP contribution in [0.3, 0.4) is 0 Å². The number of amides is 1. The van der Waals surface area contributed by atoms with Gasteiger partial charge >= 0.3 is 0 Å². The van der Waals surface area contributed by atoms with Crippen LogP contribution in [0.2, 0.25) is 0 Å². The molecule has 1 aliphatic rings. The Morgan fingerprint density at radius 1 is 1.35 bits per heavy atom. The van der Waals surface area contributed by atoms with E-state index in [0.717, 1.165) is 28.9 Å². The molecule has 0 bridgehead atoms. The minimum Gasteiger partial charge on any atom is -0.360 e. The molecular formula is C18H26N4OS3. The monoisotopic (exact) mass is 410 g/mol. The maximum Gasteiger partial charge on any atom is 0.230 e. The Labute approximate surface area is 167 Å². The molecule has 8 heteroatoms. The summed E-state index contributed by atoms with van der Waals surface area (Å²) in [5.41, 5.74) is 0. The van der Waals surface area contributed by atoms with Crippen LogP contribution in [-0.2, 0) is 11.2 Å². The molecule has 2 aromatic rings. The minimum absolute atomic E-state index is 0.100. The Kier molecular flexibility index (Phi) is 7.33. The first-order chi connectivity index (χ1) is 12.6. The second kappa shape index (κ2) is 9.71. The maximum atomic E-state index is 12.3. The van der Waals surface area contributed by atoms with E-state index >= 15 is 0 Å². The van der Waals surface area contributed by atoms with Crippen LogP contribution < -0.4 is 10.6 Å². The molecule has 3 atom stereocenters. The molecule has 1 amide bonds. The molecule has 5 nitrogen and oxygen atoms in total. The Balaban J connectivity index is 1.38. The third kappa shape index (κ3) is 5.69. The van der Waals surface area contributed by atoms with Crippen molar-refractivity contribution in [3.8, 4) is 0 Å². The summed E-state index contributed by atoms with van der Waals surface area (Å²) < 4.78 is 0.837. The Morgan fingerprint density at radius 2 is 2.23 bits per heavy atom. The van der Waals surface area contributed by atoms with Crippen molar-refractivity contribution < 1.29 is 4.79 Å². The lowest BCUT2D eigenvalue weighted by Crippen LogP contribution is -2.44. The van der Waals surface area contributed by atoms with E-state index in [4.69, 9.17) is 0 Å². The topological polar surface area (TPSA) is 66.9 Å². The van der Waals surface area contributed by atoms with Crippen molar-refractivity contribution in [2.45, 2.75) is 49.9 Å². The second-order valence-electron chi connectivity index (χ2n) is 6.86. The van der Waals surface area contributed by atoms with E-state index in [1.54, 1.807) is 11.3 Å². The number of nitrogens with zero attached hydrogens (tertiary/aromatic N) is 2. The van der Waals surface area contributed by atoms with Crippen LogP contribution in [0, 0.1) is 11.8 Å². The third-order valence-corrected chi connectivity index (χ3v) is 7.96. The number of thiophene rings is 1. The number of carbonyl (C=O) groups is 1. The molecule has 2 aromatic heterocycles. The lowest BCUT2D eigenvalue weighted by molar-refractivity contribution is -0.119. The van der Waals surface area contributed by atoms with E-state index in [0.29, 0.717) is 23.6 Å². The molecule has 26 heavy (non-hydrogen) atoms. The highest BCUT2D eigenvalue weighted by molar-refractivity contribution is 8.01. The second-order valence-corrected chi connectivity index (χ2v) is 10.1. The van der Waals surface area contributed by atoms with E-state index in [-0.39, 0.29) is 5.91 Å². The van der Waals surface area contributed by atoms with Gasteiger partial charge in [-0.3, -0.25) is 4.79 Å². The summed E-state index contributed by atoms with van der Waals surface area (Å²) in [5, 5.41) is 17.8. The van der Waals surface area contributed by atoms with Gasteiger partial charge in [-0.25, -0.2) is 0 Å². The van der Waals surface area contributed by atoms with Crippen LogP contribution in [-0.4, -0.2) is 34.4 Å². The molecule has 1 saturated carbocycles. The Morgan fingerprint density at radius 3 is 3.04 bits per heavy atom. The lowest BCUT2D eigenvalue weighted by Gasteiger charge is -2.34. The average Bonchev–Trinajstić information content (AvgIpc) is 3.29. The first-order valence-corrected chi connectivity index (χ1v) is 11.8. The van der Waals surface area contributed by atoms with Gasteiger partial charge in [-0.2, -0.15) is 0 Å². The highest BCUT2D eigenvalue weighted by Gasteiger charge is 2.28. The fourth-order valence-electron chi connectivity index (χ4n) is 3.25. The summed E-state index contributed by atoms with van der Waals surface area (Å²) in [6, 6.07) is 4.52. The van der Waals surface area contributed by atoms with Crippen LogP contribution in [0.25, 0.3) is 0 Å². The fourth-order valence-corrected chi connectivity index (χ4v) is 5.55. The predicted molar refractivity (Wildman–Crippen MR) is 111 cm³/mol. The van der Waals surface area contributed by atoms with Gasteiger partial charge < -0.3 is 10.6 Å². The molecule has 0 spiro atoms. The van der Waals surface area contributed by atoms with Crippen molar-refractivity contribution in [2.75, 3.05) is 17.6 Å². The standard InChI is InChI=1S/C18H26N4OS3/c1-12-5-3-7-15(13(12)2)20-16(23)11-25-18-22-21-17(26-18)19-9-8-14-6-4-10-24-14/h4,6,10,12-13,15H,3,5,7-9,11H2,1-2H3,(H,19,21)(H,20,23). The number of hydrogen-bond donors (Lipinski definition) is 2. The van der Waals surface area contributed by atoms with Crippen LogP contribution >= 0.6 is 34.4 Å². The van der Waals surface area contributed by atoms with Gasteiger partial charge in [-0.05, 0) is 36.1 Å². The molecule has 3 rings (SSSR count). The first-order valence-electron chi connectivity index (χ1n) is 9.13. The van der Waals surface area contributed by atoms with Gasteiger partial charge in [0.2, 0.25) is 11.0 Å². The minimum atomic E-state index is 0.100. The van der Waals surface area contributed by atoms with E-state index in [1.165, 1.54) is 40.8 Å². The van der Waals surface area contributed by atoms with Crippen molar-refractivity contribution in [2.24, 2.45) is 11.8 Å². The normalized spacial score (nSPS) is 22.9. The van der Waals surface area contributed by atoms with Crippen LogP contribution in [0.15, 0.2) is 21.9 Å². The smallest absolute Gasteiger partial charge is 0.230 e. The fraction of sp³-hybridized carbons (Fsp3) is 0.611. The molecule has 0 radical (unpaired) electrons. The zero-order valence-electron chi connectivity index (χ0n) is 15.2. The summed E-state index contributed by atoms with van der Waals surface area (Å²) in [5.74, 6) is 1.75. The van der Waals surface area contributed by atoms with Gasteiger partial charge in [0.15, 0.2) is 4.34 Å². The van der Waals surface area contributed by atoms with Gasteiger partial charge in [0.1, 0.15) is 0 Å². The summed E-state index contributed by atoms with van der Waals surface area (Å²) in [4.78, 5) is 13.6. The molecule has 142 valence electrons.